The number of methoxy groups -OCH3 is 2. The van der Waals surface area contributed by atoms with E-state index in [1.165, 1.54) is 12.8 Å². The quantitative estimate of drug-likeness (QED) is 0.631. The molecular weight excluding hydrogens is 398 g/mol. The van der Waals surface area contributed by atoms with Crippen LogP contribution >= 0.6 is 11.3 Å². The first-order valence-electron chi connectivity index (χ1n) is 10.2. The average molecular weight is 426 g/mol. The Kier molecular flexibility index (Phi) is 6.08. The highest BCUT2D eigenvalue weighted by atomic mass is 32.1. The average Bonchev–Trinajstić information content (AvgIpc) is 3.20. The number of carbonyl (C=O) groups excluding carboxylic acids is 1. The molecule has 1 fully saturated rings. The summed E-state index contributed by atoms with van der Waals surface area (Å²) in [6, 6.07) is 11.3. The molecule has 2 heterocycles. The minimum absolute atomic E-state index is 0.122. The monoisotopic (exact) mass is 425 g/mol. The van der Waals surface area contributed by atoms with Crippen molar-refractivity contribution in [2.75, 3.05) is 32.2 Å². The van der Waals surface area contributed by atoms with Crippen LogP contribution in [0.4, 0.5) is 5.13 Å². The molecule has 1 aromatic heterocycles. The number of hydrogen-bond donors (Lipinski definition) is 1. The third kappa shape index (κ3) is 4.21. The van der Waals surface area contributed by atoms with E-state index in [-0.39, 0.29) is 5.91 Å². The standard InChI is InChI=1S/C23H27N3O3S/c1-15-9-11-26(12-10-15)23-25-18-8-7-16(13-20(18)30-23)22(27)24-14-17-5-4-6-19(28-2)21(17)29-3/h4-8,13,15H,9-12,14H2,1-3H3,(H,24,27). The van der Waals surface area contributed by atoms with Crippen molar-refractivity contribution in [3.8, 4) is 11.5 Å². The molecule has 1 N–H and O–H groups in total. The zero-order valence-electron chi connectivity index (χ0n) is 17.6. The van der Waals surface area contributed by atoms with Gasteiger partial charge >= 0.3 is 0 Å². The van der Waals surface area contributed by atoms with Crippen molar-refractivity contribution in [2.24, 2.45) is 5.92 Å². The number of benzene rings is 2. The van der Waals surface area contributed by atoms with Crippen LogP contribution in [0.1, 0.15) is 35.7 Å². The molecule has 1 saturated heterocycles. The van der Waals surface area contributed by atoms with Gasteiger partial charge in [-0.15, -0.1) is 0 Å². The largest absolute Gasteiger partial charge is 0.493 e. The van der Waals surface area contributed by atoms with E-state index < -0.39 is 0 Å². The second-order valence-corrected chi connectivity index (χ2v) is 8.69. The van der Waals surface area contributed by atoms with E-state index in [1.54, 1.807) is 25.6 Å². The van der Waals surface area contributed by atoms with Gasteiger partial charge in [0.1, 0.15) is 0 Å². The highest BCUT2D eigenvalue weighted by molar-refractivity contribution is 7.22. The minimum atomic E-state index is -0.122. The second-order valence-electron chi connectivity index (χ2n) is 7.68. The Bertz CT molecular complexity index is 1040. The number of rotatable bonds is 6. The van der Waals surface area contributed by atoms with E-state index in [2.05, 4.69) is 17.1 Å². The fourth-order valence-corrected chi connectivity index (χ4v) is 4.82. The van der Waals surface area contributed by atoms with Crippen LogP contribution in [-0.4, -0.2) is 38.2 Å². The molecule has 1 aliphatic heterocycles. The van der Waals surface area contributed by atoms with Gasteiger partial charge in [-0.2, -0.15) is 0 Å². The Morgan fingerprint density at radius 1 is 1.20 bits per heavy atom. The zero-order valence-corrected chi connectivity index (χ0v) is 18.4. The topological polar surface area (TPSA) is 63.7 Å². The molecule has 7 heteroatoms. The molecule has 0 saturated carbocycles. The molecular formula is C23H27N3O3S. The summed E-state index contributed by atoms with van der Waals surface area (Å²) in [5.74, 6) is 1.95. The van der Waals surface area contributed by atoms with E-state index in [1.807, 2.05) is 36.4 Å². The SMILES string of the molecule is COc1cccc(CNC(=O)c2ccc3nc(N4CCC(C)CC4)sc3c2)c1OC. The summed E-state index contributed by atoms with van der Waals surface area (Å²) in [5.41, 5.74) is 2.44. The predicted octanol–water partition coefficient (Wildman–Crippen LogP) is 4.48. The maximum Gasteiger partial charge on any atom is 0.251 e. The number of nitrogens with one attached hydrogen (secondary N) is 1. The highest BCUT2D eigenvalue weighted by Gasteiger charge is 2.19. The summed E-state index contributed by atoms with van der Waals surface area (Å²) in [4.78, 5) is 19.9. The molecule has 0 atom stereocenters. The number of piperidine rings is 1. The molecule has 158 valence electrons. The third-order valence-electron chi connectivity index (χ3n) is 5.62. The van der Waals surface area contributed by atoms with Crippen molar-refractivity contribution >= 4 is 32.6 Å². The van der Waals surface area contributed by atoms with Gasteiger partial charge in [-0.25, -0.2) is 4.98 Å². The maximum atomic E-state index is 12.8. The van der Waals surface area contributed by atoms with Crippen LogP contribution in [-0.2, 0) is 6.54 Å². The van der Waals surface area contributed by atoms with Crippen molar-refractivity contribution in [2.45, 2.75) is 26.3 Å². The highest BCUT2D eigenvalue weighted by Crippen LogP contribution is 2.32. The van der Waals surface area contributed by atoms with Gasteiger partial charge < -0.3 is 19.7 Å². The molecule has 2 aromatic carbocycles. The van der Waals surface area contributed by atoms with Crippen LogP contribution < -0.4 is 19.7 Å². The molecule has 0 bridgehead atoms. The fraction of sp³-hybridized carbons (Fsp3) is 0.391. The number of anilines is 1. The fourth-order valence-electron chi connectivity index (χ4n) is 3.76. The number of nitrogens with zero attached hydrogens (tertiary/aromatic N) is 2. The third-order valence-corrected chi connectivity index (χ3v) is 6.70. The van der Waals surface area contributed by atoms with Gasteiger partial charge in [-0.3, -0.25) is 4.79 Å². The first-order valence-corrected chi connectivity index (χ1v) is 11.0. The van der Waals surface area contributed by atoms with Crippen LogP contribution in [0.2, 0.25) is 0 Å². The predicted molar refractivity (Wildman–Crippen MR) is 121 cm³/mol. The van der Waals surface area contributed by atoms with E-state index in [9.17, 15) is 4.79 Å². The number of amides is 1. The summed E-state index contributed by atoms with van der Waals surface area (Å²) < 4.78 is 11.8. The van der Waals surface area contributed by atoms with Gasteiger partial charge in [0.25, 0.3) is 5.91 Å². The molecule has 6 nitrogen and oxygen atoms in total. The Morgan fingerprint density at radius 2 is 2.00 bits per heavy atom. The van der Waals surface area contributed by atoms with Gasteiger partial charge in [0.05, 0.1) is 24.4 Å². The minimum Gasteiger partial charge on any atom is -0.493 e. The maximum absolute atomic E-state index is 12.8. The van der Waals surface area contributed by atoms with Gasteiger partial charge in [0.2, 0.25) is 0 Å². The molecule has 30 heavy (non-hydrogen) atoms. The number of ether oxygens (including phenoxy) is 2. The molecule has 1 amide bonds. The van der Waals surface area contributed by atoms with E-state index in [0.717, 1.165) is 39.9 Å². The lowest BCUT2D eigenvalue weighted by atomic mass is 10.00. The van der Waals surface area contributed by atoms with Crippen molar-refractivity contribution < 1.29 is 14.3 Å². The van der Waals surface area contributed by atoms with Crippen molar-refractivity contribution in [1.29, 1.82) is 0 Å². The van der Waals surface area contributed by atoms with Crippen LogP contribution in [0.5, 0.6) is 11.5 Å². The Balaban J connectivity index is 1.47. The summed E-state index contributed by atoms with van der Waals surface area (Å²) in [6.45, 7) is 4.77. The van der Waals surface area contributed by atoms with Crippen molar-refractivity contribution in [1.82, 2.24) is 10.3 Å². The summed E-state index contributed by atoms with van der Waals surface area (Å²) in [6.07, 6.45) is 2.41. The van der Waals surface area contributed by atoms with Crippen LogP contribution in [0.15, 0.2) is 36.4 Å². The molecule has 0 unspecified atom stereocenters. The van der Waals surface area contributed by atoms with Gasteiger partial charge in [-0.05, 0) is 43.0 Å². The lowest BCUT2D eigenvalue weighted by Gasteiger charge is -2.29. The lowest BCUT2D eigenvalue weighted by molar-refractivity contribution is 0.0950. The van der Waals surface area contributed by atoms with Crippen LogP contribution in [0, 0.1) is 5.92 Å². The number of para-hydroxylation sites is 1. The lowest BCUT2D eigenvalue weighted by Crippen LogP contribution is -2.32. The summed E-state index contributed by atoms with van der Waals surface area (Å²) >= 11 is 1.66. The van der Waals surface area contributed by atoms with Crippen molar-refractivity contribution in [3.05, 3.63) is 47.5 Å². The Hall–Kier alpha value is -2.80. The second kappa shape index (κ2) is 8.92. The van der Waals surface area contributed by atoms with E-state index in [4.69, 9.17) is 14.5 Å². The summed E-state index contributed by atoms with van der Waals surface area (Å²) in [7, 11) is 3.20. The number of aromatic nitrogens is 1. The molecule has 0 spiro atoms. The van der Waals surface area contributed by atoms with E-state index >= 15 is 0 Å². The van der Waals surface area contributed by atoms with Crippen LogP contribution in [0.25, 0.3) is 10.2 Å². The Morgan fingerprint density at radius 3 is 2.73 bits per heavy atom. The number of fused-ring (bicyclic) bond motifs is 1. The first kappa shape index (κ1) is 20.5. The molecule has 0 aliphatic carbocycles. The number of thiazole rings is 1. The molecule has 3 aromatic rings. The van der Waals surface area contributed by atoms with Gasteiger partial charge in [0.15, 0.2) is 16.6 Å². The first-order chi connectivity index (χ1) is 14.6. The summed E-state index contributed by atoms with van der Waals surface area (Å²) in [5, 5.41) is 4.03. The normalized spacial score (nSPS) is 14.7. The molecule has 4 rings (SSSR count). The number of carbonyl (C=O) groups is 1. The zero-order chi connectivity index (χ0) is 21.1. The van der Waals surface area contributed by atoms with E-state index in [0.29, 0.717) is 23.6 Å². The Labute approximate surface area is 180 Å². The van der Waals surface area contributed by atoms with Crippen LogP contribution in [0.3, 0.4) is 0 Å². The van der Waals surface area contributed by atoms with Crippen molar-refractivity contribution in [3.63, 3.8) is 0 Å². The smallest absolute Gasteiger partial charge is 0.251 e. The molecule has 0 radical (unpaired) electrons. The van der Waals surface area contributed by atoms with Gasteiger partial charge in [0, 0.05) is 30.8 Å². The number of hydrogen-bond acceptors (Lipinski definition) is 6. The van der Waals surface area contributed by atoms with Gasteiger partial charge in [-0.1, -0.05) is 30.4 Å². The molecule has 1 aliphatic rings.